The van der Waals surface area contributed by atoms with Crippen molar-refractivity contribution in [2.24, 2.45) is 0 Å². The lowest BCUT2D eigenvalue weighted by molar-refractivity contribution is -0.121. The molecule has 1 aliphatic rings. The number of benzene rings is 2. The van der Waals surface area contributed by atoms with Crippen LogP contribution in [0.2, 0.25) is 0 Å². The van der Waals surface area contributed by atoms with Gasteiger partial charge in [0.2, 0.25) is 5.91 Å². The Kier molecular flexibility index (Phi) is 3.92. The molecular formula is C18H17F2NO. The summed E-state index contributed by atoms with van der Waals surface area (Å²) in [7, 11) is 0. The number of carbonyl (C=O) groups is 1. The number of anilines is 1. The number of halogens is 2. The maximum atomic E-state index is 14.2. The van der Waals surface area contributed by atoms with Gasteiger partial charge >= 0.3 is 0 Å². The number of nitrogens with one attached hydrogen (secondary N) is 1. The molecule has 1 fully saturated rings. The number of hydrogen-bond acceptors (Lipinski definition) is 1. The summed E-state index contributed by atoms with van der Waals surface area (Å²) in [5.41, 5.74) is 0.140. The van der Waals surface area contributed by atoms with E-state index in [0.717, 1.165) is 12.8 Å². The summed E-state index contributed by atoms with van der Waals surface area (Å²) in [6.45, 7) is 0. The smallest absolute Gasteiger partial charge is 0.235 e. The minimum absolute atomic E-state index is 0.221. The number of hydrogen-bond donors (Lipinski definition) is 1. The fourth-order valence-corrected chi connectivity index (χ4v) is 3.23. The Balaban J connectivity index is 1.92. The van der Waals surface area contributed by atoms with Crippen molar-refractivity contribution in [3.8, 4) is 0 Å². The van der Waals surface area contributed by atoms with Crippen LogP contribution in [0.25, 0.3) is 0 Å². The standard InChI is InChI=1S/C18H17F2NO/c19-13-7-9-14(10-8-13)21-17(22)18(11-3-4-12-18)15-5-1-2-6-16(15)20/h1-2,5-10H,3-4,11-12H2,(H,21,22). The van der Waals surface area contributed by atoms with E-state index in [1.54, 1.807) is 18.2 Å². The Bertz CT molecular complexity index is 676. The molecule has 0 aromatic heterocycles. The molecule has 114 valence electrons. The molecule has 1 saturated carbocycles. The Morgan fingerprint density at radius 1 is 0.955 bits per heavy atom. The van der Waals surface area contributed by atoms with E-state index >= 15 is 0 Å². The van der Waals surface area contributed by atoms with E-state index in [2.05, 4.69) is 5.32 Å². The third-order valence-electron chi connectivity index (χ3n) is 4.38. The first-order valence-corrected chi connectivity index (χ1v) is 7.44. The second kappa shape index (κ2) is 5.87. The molecule has 0 radical (unpaired) electrons. The van der Waals surface area contributed by atoms with Crippen molar-refractivity contribution in [3.63, 3.8) is 0 Å². The van der Waals surface area contributed by atoms with Gasteiger partial charge in [-0.1, -0.05) is 31.0 Å². The van der Waals surface area contributed by atoms with E-state index in [0.29, 0.717) is 24.1 Å². The summed E-state index contributed by atoms with van der Waals surface area (Å²) in [5, 5.41) is 2.81. The van der Waals surface area contributed by atoms with E-state index in [-0.39, 0.29) is 17.5 Å². The molecule has 0 spiro atoms. The fourth-order valence-electron chi connectivity index (χ4n) is 3.23. The van der Waals surface area contributed by atoms with Crippen LogP contribution in [-0.4, -0.2) is 5.91 Å². The van der Waals surface area contributed by atoms with Crippen LogP contribution in [0.3, 0.4) is 0 Å². The maximum Gasteiger partial charge on any atom is 0.235 e. The van der Waals surface area contributed by atoms with Crippen LogP contribution < -0.4 is 5.32 Å². The third kappa shape index (κ3) is 2.61. The first-order valence-electron chi connectivity index (χ1n) is 7.44. The first kappa shape index (κ1) is 14.7. The quantitative estimate of drug-likeness (QED) is 0.893. The molecule has 22 heavy (non-hydrogen) atoms. The molecule has 0 atom stereocenters. The number of carbonyl (C=O) groups excluding carboxylic acids is 1. The van der Waals surface area contributed by atoms with Crippen LogP contribution in [0.4, 0.5) is 14.5 Å². The van der Waals surface area contributed by atoms with E-state index in [9.17, 15) is 13.6 Å². The Hall–Kier alpha value is -2.23. The van der Waals surface area contributed by atoms with E-state index in [1.807, 2.05) is 0 Å². The van der Waals surface area contributed by atoms with Gasteiger partial charge in [0.1, 0.15) is 11.6 Å². The van der Waals surface area contributed by atoms with Gasteiger partial charge in [0.25, 0.3) is 0 Å². The van der Waals surface area contributed by atoms with Crippen LogP contribution in [0.5, 0.6) is 0 Å². The Labute approximate surface area is 128 Å². The number of amides is 1. The van der Waals surface area contributed by atoms with Gasteiger partial charge in [-0.3, -0.25) is 4.79 Å². The predicted octanol–water partition coefficient (Wildman–Crippen LogP) is 4.42. The Morgan fingerprint density at radius 3 is 2.23 bits per heavy atom. The largest absolute Gasteiger partial charge is 0.325 e. The van der Waals surface area contributed by atoms with Crippen molar-refractivity contribution < 1.29 is 13.6 Å². The number of rotatable bonds is 3. The van der Waals surface area contributed by atoms with Crippen LogP contribution in [-0.2, 0) is 10.2 Å². The molecule has 0 saturated heterocycles. The molecule has 0 bridgehead atoms. The van der Waals surface area contributed by atoms with Crippen LogP contribution >= 0.6 is 0 Å². The zero-order chi connectivity index (χ0) is 15.6. The lowest BCUT2D eigenvalue weighted by Gasteiger charge is -2.28. The van der Waals surface area contributed by atoms with Crippen molar-refractivity contribution in [2.45, 2.75) is 31.1 Å². The minimum Gasteiger partial charge on any atom is -0.325 e. The molecule has 2 aromatic carbocycles. The average molecular weight is 301 g/mol. The molecule has 1 N–H and O–H groups in total. The van der Waals surface area contributed by atoms with Gasteiger partial charge in [-0.05, 0) is 43.2 Å². The topological polar surface area (TPSA) is 29.1 Å². The van der Waals surface area contributed by atoms with Crippen LogP contribution in [0.1, 0.15) is 31.2 Å². The molecule has 3 rings (SSSR count). The van der Waals surface area contributed by atoms with Gasteiger partial charge in [0.15, 0.2) is 0 Å². The van der Waals surface area contributed by atoms with Crippen LogP contribution in [0, 0.1) is 11.6 Å². The molecule has 1 aliphatic carbocycles. The van der Waals surface area contributed by atoms with Crippen LogP contribution in [0.15, 0.2) is 48.5 Å². The van der Waals surface area contributed by atoms with E-state index < -0.39 is 5.41 Å². The van der Waals surface area contributed by atoms with Gasteiger partial charge in [-0.2, -0.15) is 0 Å². The summed E-state index contributed by atoms with van der Waals surface area (Å²) >= 11 is 0. The lowest BCUT2D eigenvalue weighted by atomic mass is 9.77. The summed E-state index contributed by atoms with van der Waals surface area (Å²) in [6.07, 6.45) is 3.04. The predicted molar refractivity (Wildman–Crippen MR) is 81.6 cm³/mol. The van der Waals surface area contributed by atoms with Gasteiger partial charge < -0.3 is 5.32 Å². The third-order valence-corrected chi connectivity index (χ3v) is 4.38. The normalized spacial score (nSPS) is 16.5. The molecule has 0 aliphatic heterocycles. The van der Waals surface area contributed by atoms with E-state index in [1.165, 1.54) is 30.3 Å². The summed E-state index contributed by atoms with van der Waals surface area (Å²) in [5.74, 6) is -0.928. The highest BCUT2D eigenvalue weighted by Crippen LogP contribution is 2.43. The van der Waals surface area contributed by atoms with Crippen molar-refractivity contribution in [1.29, 1.82) is 0 Å². The van der Waals surface area contributed by atoms with Crippen molar-refractivity contribution >= 4 is 11.6 Å². The maximum absolute atomic E-state index is 14.2. The zero-order valence-corrected chi connectivity index (χ0v) is 12.1. The summed E-state index contributed by atoms with van der Waals surface area (Å²) in [4.78, 5) is 12.8. The summed E-state index contributed by atoms with van der Waals surface area (Å²) < 4.78 is 27.2. The van der Waals surface area contributed by atoms with Gasteiger partial charge in [-0.15, -0.1) is 0 Å². The summed E-state index contributed by atoms with van der Waals surface area (Å²) in [6, 6.07) is 12.1. The van der Waals surface area contributed by atoms with Gasteiger partial charge in [0, 0.05) is 11.3 Å². The fraction of sp³-hybridized carbons (Fsp3) is 0.278. The second-order valence-electron chi connectivity index (χ2n) is 5.73. The zero-order valence-electron chi connectivity index (χ0n) is 12.1. The highest BCUT2D eigenvalue weighted by Gasteiger charge is 2.44. The monoisotopic (exact) mass is 301 g/mol. The Morgan fingerprint density at radius 2 is 1.59 bits per heavy atom. The lowest BCUT2D eigenvalue weighted by Crippen LogP contribution is -2.38. The van der Waals surface area contributed by atoms with E-state index in [4.69, 9.17) is 0 Å². The van der Waals surface area contributed by atoms with Crippen molar-refractivity contribution in [1.82, 2.24) is 0 Å². The van der Waals surface area contributed by atoms with Crippen molar-refractivity contribution in [3.05, 3.63) is 65.7 Å². The minimum atomic E-state index is -0.834. The highest BCUT2D eigenvalue weighted by atomic mass is 19.1. The van der Waals surface area contributed by atoms with Gasteiger partial charge in [-0.25, -0.2) is 8.78 Å². The molecule has 2 aromatic rings. The SMILES string of the molecule is O=C(Nc1ccc(F)cc1)C1(c2ccccc2F)CCCC1. The average Bonchev–Trinajstić information content (AvgIpc) is 3.01. The molecular weight excluding hydrogens is 284 g/mol. The molecule has 0 unspecified atom stereocenters. The van der Waals surface area contributed by atoms with Gasteiger partial charge in [0.05, 0.1) is 5.41 Å². The molecule has 2 nitrogen and oxygen atoms in total. The molecule has 4 heteroatoms. The molecule has 0 heterocycles. The van der Waals surface area contributed by atoms with Crippen molar-refractivity contribution in [2.75, 3.05) is 5.32 Å². The first-order chi connectivity index (χ1) is 10.6. The highest BCUT2D eigenvalue weighted by molar-refractivity contribution is 5.99. The molecule has 1 amide bonds. The second-order valence-corrected chi connectivity index (χ2v) is 5.73.